The van der Waals surface area contributed by atoms with Crippen LogP contribution in [0.5, 0.6) is 11.5 Å². The van der Waals surface area contributed by atoms with Crippen LogP contribution in [0, 0.1) is 6.92 Å². The average Bonchev–Trinajstić information content (AvgIpc) is 2.41. The molecule has 0 aliphatic heterocycles. The smallest absolute Gasteiger partial charge is 0.132 e. The highest BCUT2D eigenvalue weighted by atomic mass is 16.5. The first-order valence-electron chi connectivity index (χ1n) is 6.00. The molecule has 1 unspecified atom stereocenters. The fourth-order valence-electron chi connectivity index (χ4n) is 1.74. The maximum atomic E-state index is 5.97. The van der Waals surface area contributed by atoms with Crippen molar-refractivity contribution in [2.24, 2.45) is 11.5 Å². The third-order valence-electron chi connectivity index (χ3n) is 2.82. The van der Waals surface area contributed by atoms with E-state index in [4.69, 9.17) is 16.2 Å². The summed E-state index contributed by atoms with van der Waals surface area (Å²) < 4.78 is 5.85. The molecule has 1 atom stereocenters. The fourth-order valence-corrected chi connectivity index (χ4v) is 1.74. The molecular formula is C15H18N2O. The third-order valence-corrected chi connectivity index (χ3v) is 2.82. The van der Waals surface area contributed by atoms with Crippen molar-refractivity contribution in [2.75, 3.05) is 6.54 Å². The molecule has 2 aromatic carbocycles. The highest BCUT2D eigenvalue weighted by Crippen LogP contribution is 2.28. The van der Waals surface area contributed by atoms with Crippen molar-refractivity contribution in [3.05, 3.63) is 59.7 Å². The molecule has 3 nitrogen and oxygen atoms in total. The summed E-state index contributed by atoms with van der Waals surface area (Å²) in [5, 5.41) is 0. The largest absolute Gasteiger partial charge is 0.457 e. The highest BCUT2D eigenvalue weighted by Gasteiger charge is 2.10. The molecule has 4 N–H and O–H groups in total. The van der Waals surface area contributed by atoms with Crippen molar-refractivity contribution >= 4 is 0 Å². The summed E-state index contributed by atoms with van der Waals surface area (Å²) in [5.41, 5.74) is 13.7. The third kappa shape index (κ3) is 2.88. The molecule has 2 rings (SSSR count). The summed E-state index contributed by atoms with van der Waals surface area (Å²) in [6, 6.07) is 15.4. The topological polar surface area (TPSA) is 61.3 Å². The van der Waals surface area contributed by atoms with E-state index < -0.39 is 0 Å². The van der Waals surface area contributed by atoms with E-state index >= 15 is 0 Å². The normalized spacial score (nSPS) is 12.2. The Labute approximate surface area is 107 Å². The van der Waals surface area contributed by atoms with Crippen LogP contribution in [-0.2, 0) is 0 Å². The zero-order chi connectivity index (χ0) is 13.0. The van der Waals surface area contributed by atoms with Gasteiger partial charge in [0, 0.05) is 18.2 Å². The maximum Gasteiger partial charge on any atom is 0.132 e. The second-order valence-corrected chi connectivity index (χ2v) is 4.30. The van der Waals surface area contributed by atoms with E-state index in [9.17, 15) is 0 Å². The molecule has 18 heavy (non-hydrogen) atoms. The summed E-state index contributed by atoms with van der Waals surface area (Å²) in [4.78, 5) is 0. The number of para-hydroxylation sites is 1. The van der Waals surface area contributed by atoms with E-state index in [1.165, 1.54) is 5.56 Å². The number of nitrogens with two attached hydrogens (primary N) is 2. The van der Waals surface area contributed by atoms with E-state index in [0.717, 1.165) is 17.1 Å². The summed E-state index contributed by atoms with van der Waals surface area (Å²) in [6.07, 6.45) is 0. The molecule has 0 aliphatic carbocycles. The highest BCUT2D eigenvalue weighted by molar-refractivity contribution is 5.40. The molecule has 94 valence electrons. The Bertz CT molecular complexity index is 508. The van der Waals surface area contributed by atoms with Crippen molar-refractivity contribution in [3.8, 4) is 11.5 Å². The first-order chi connectivity index (χ1) is 8.70. The zero-order valence-corrected chi connectivity index (χ0v) is 10.5. The molecule has 0 spiro atoms. The standard InChI is InChI=1S/C15H18N2O/c1-11-6-8-12(9-7-11)18-15-5-3-2-4-13(15)14(17)10-16/h2-9,14H,10,16-17H2,1H3. The second-order valence-electron chi connectivity index (χ2n) is 4.30. The van der Waals surface area contributed by atoms with Crippen LogP contribution < -0.4 is 16.2 Å². The molecule has 0 heterocycles. The molecule has 0 amide bonds. The van der Waals surface area contributed by atoms with Gasteiger partial charge in [0.2, 0.25) is 0 Å². The predicted octanol–water partition coefficient (Wildman–Crippen LogP) is 2.75. The van der Waals surface area contributed by atoms with Crippen molar-refractivity contribution in [2.45, 2.75) is 13.0 Å². The number of rotatable bonds is 4. The lowest BCUT2D eigenvalue weighted by atomic mass is 10.1. The van der Waals surface area contributed by atoms with Crippen molar-refractivity contribution < 1.29 is 4.74 Å². The van der Waals surface area contributed by atoms with Crippen LogP contribution in [0.1, 0.15) is 17.2 Å². The molecule has 0 radical (unpaired) electrons. The van der Waals surface area contributed by atoms with Crippen molar-refractivity contribution in [1.29, 1.82) is 0 Å². The van der Waals surface area contributed by atoms with Crippen LogP contribution in [0.3, 0.4) is 0 Å². The maximum absolute atomic E-state index is 5.97. The van der Waals surface area contributed by atoms with Gasteiger partial charge >= 0.3 is 0 Å². The van der Waals surface area contributed by atoms with Gasteiger partial charge in [-0.3, -0.25) is 0 Å². The number of ether oxygens (including phenoxy) is 1. The fraction of sp³-hybridized carbons (Fsp3) is 0.200. The van der Waals surface area contributed by atoms with Gasteiger partial charge in [-0.2, -0.15) is 0 Å². The summed E-state index contributed by atoms with van der Waals surface area (Å²) in [6.45, 7) is 2.44. The minimum absolute atomic E-state index is 0.202. The van der Waals surface area contributed by atoms with Gasteiger partial charge in [-0.25, -0.2) is 0 Å². The van der Waals surface area contributed by atoms with Gasteiger partial charge in [0.05, 0.1) is 0 Å². The first-order valence-corrected chi connectivity index (χ1v) is 6.00. The minimum atomic E-state index is -0.202. The Morgan fingerprint density at radius 2 is 1.72 bits per heavy atom. The van der Waals surface area contributed by atoms with Gasteiger partial charge in [-0.1, -0.05) is 35.9 Å². The summed E-state index contributed by atoms with van der Waals surface area (Å²) in [7, 11) is 0. The molecule has 3 heteroatoms. The van der Waals surface area contributed by atoms with Crippen LogP contribution in [0.2, 0.25) is 0 Å². The second kappa shape index (κ2) is 5.67. The van der Waals surface area contributed by atoms with Crippen LogP contribution in [0.15, 0.2) is 48.5 Å². The SMILES string of the molecule is Cc1ccc(Oc2ccccc2C(N)CN)cc1. The van der Waals surface area contributed by atoms with Crippen LogP contribution in [-0.4, -0.2) is 6.54 Å². The Hall–Kier alpha value is -1.84. The predicted molar refractivity (Wildman–Crippen MR) is 73.7 cm³/mol. The molecule has 0 saturated heterocycles. The quantitative estimate of drug-likeness (QED) is 0.866. The number of aryl methyl sites for hydroxylation is 1. The van der Waals surface area contributed by atoms with Crippen molar-refractivity contribution in [1.82, 2.24) is 0 Å². The Morgan fingerprint density at radius 3 is 2.39 bits per heavy atom. The van der Waals surface area contributed by atoms with Crippen LogP contribution >= 0.6 is 0 Å². The lowest BCUT2D eigenvalue weighted by Crippen LogP contribution is -2.21. The molecule has 2 aromatic rings. The number of benzene rings is 2. The molecule has 0 bridgehead atoms. The first kappa shape index (κ1) is 12.6. The van der Waals surface area contributed by atoms with Gasteiger partial charge in [0.1, 0.15) is 11.5 Å². The molecular weight excluding hydrogens is 224 g/mol. The van der Waals surface area contributed by atoms with Gasteiger partial charge in [-0.05, 0) is 25.1 Å². The van der Waals surface area contributed by atoms with Crippen molar-refractivity contribution in [3.63, 3.8) is 0 Å². The number of hydrogen-bond acceptors (Lipinski definition) is 3. The van der Waals surface area contributed by atoms with Gasteiger partial charge in [0.15, 0.2) is 0 Å². The molecule has 0 aliphatic rings. The van der Waals surface area contributed by atoms with E-state index in [1.54, 1.807) is 0 Å². The number of hydrogen-bond donors (Lipinski definition) is 2. The lowest BCUT2D eigenvalue weighted by Gasteiger charge is -2.15. The summed E-state index contributed by atoms with van der Waals surface area (Å²) in [5.74, 6) is 1.57. The Morgan fingerprint density at radius 1 is 1.06 bits per heavy atom. The van der Waals surface area contributed by atoms with E-state index in [-0.39, 0.29) is 6.04 Å². The zero-order valence-electron chi connectivity index (χ0n) is 10.5. The Kier molecular flexibility index (Phi) is 3.97. The lowest BCUT2D eigenvalue weighted by molar-refractivity contribution is 0.470. The van der Waals surface area contributed by atoms with Gasteiger partial charge < -0.3 is 16.2 Å². The van der Waals surface area contributed by atoms with Crippen LogP contribution in [0.4, 0.5) is 0 Å². The average molecular weight is 242 g/mol. The molecule has 0 fully saturated rings. The van der Waals surface area contributed by atoms with E-state index in [0.29, 0.717) is 6.54 Å². The summed E-state index contributed by atoms with van der Waals surface area (Å²) >= 11 is 0. The minimum Gasteiger partial charge on any atom is -0.457 e. The van der Waals surface area contributed by atoms with E-state index in [1.807, 2.05) is 55.5 Å². The molecule has 0 aromatic heterocycles. The van der Waals surface area contributed by atoms with E-state index in [2.05, 4.69) is 0 Å². The van der Waals surface area contributed by atoms with Gasteiger partial charge in [0.25, 0.3) is 0 Å². The van der Waals surface area contributed by atoms with Crippen LogP contribution in [0.25, 0.3) is 0 Å². The monoisotopic (exact) mass is 242 g/mol. The van der Waals surface area contributed by atoms with Gasteiger partial charge in [-0.15, -0.1) is 0 Å². The Balaban J connectivity index is 2.26. The molecule has 0 saturated carbocycles.